The zero-order chi connectivity index (χ0) is 18.2. The number of aryl methyl sites for hydroxylation is 1. The number of nitrogens with zero attached hydrogens (tertiary/aromatic N) is 1. The molecule has 0 atom stereocenters. The average Bonchev–Trinajstić information content (AvgIpc) is 3.13. The van der Waals surface area contributed by atoms with Gasteiger partial charge in [0.25, 0.3) is 5.91 Å². The summed E-state index contributed by atoms with van der Waals surface area (Å²) in [7, 11) is 0. The Hall–Kier alpha value is -2.56. The molecule has 132 valence electrons. The number of carbonyl (C=O) groups is 2. The molecule has 0 saturated heterocycles. The zero-order valence-corrected chi connectivity index (χ0v) is 14.8. The molecule has 0 unspecified atom stereocenters. The SMILES string of the molecule is CCC1(CC)CN(C(=O)c2c(C)coc2CC(=O)O)c2ccccc21. The molecule has 5 nitrogen and oxygen atoms in total. The Morgan fingerprint density at radius 3 is 2.56 bits per heavy atom. The molecule has 0 saturated carbocycles. The van der Waals surface area contributed by atoms with E-state index in [1.165, 1.54) is 11.8 Å². The molecule has 0 radical (unpaired) electrons. The third-order valence-electron chi connectivity index (χ3n) is 5.40. The molecule has 1 N–H and O–H groups in total. The largest absolute Gasteiger partial charge is 0.481 e. The van der Waals surface area contributed by atoms with E-state index in [0.29, 0.717) is 17.7 Å². The fourth-order valence-electron chi connectivity index (χ4n) is 3.85. The Balaban J connectivity index is 2.05. The number of furan rings is 1. The van der Waals surface area contributed by atoms with Crippen LogP contribution in [0.1, 0.15) is 53.9 Å². The van der Waals surface area contributed by atoms with Crippen molar-refractivity contribution in [3.63, 3.8) is 0 Å². The Morgan fingerprint density at radius 1 is 1.24 bits per heavy atom. The Kier molecular flexibility index (Phi) is 4.41. The number of carboxylic acids is 1. The first-order valence-corrected chi connectivity index (χ1v) is 8.63. The van der Waals surface area contributed by atoms with Crippen molar-refractivity contribution in [2.24, 2.45) is 0 Å². The first kappa shape index (κ1) is 17.3. The van der Waals surface area contributed by atoms with Gasteiger partial charge in [0.1, 0.15) is 12.2 Å². The topological polar surface area (TPSA) is 70.8 Å². The summed E-state index contributed by atoms with van der Waals surface area (Å²) in [4.78, 5) is 26.2. The van der Waals surface area contributed by atoms with Gasteiger partial charge < -0.3 is 14.4 Å². The second kappa shape index (κ2) is 6.39. The molecular weight excluding hydrogens is 318 g/mol. The van der Waals surface area contributed by atoms with Crippen LogP contribution in [0.15, 0.2) is 34.9 Å². The number of hydrogen-bond acceptors (Lipinski definition) is 3. The summed E-state index contributed by atoms with van der Waals surface area (Å²) in [5, 5.41) is 9.08. The van der Waals surface area contributed by atoms with Gasteiger partial charge in [-0.15, -0.1) is 0 Å². The van der Waals surface area contributed by atoms with Crippen molar-refractivity contribution < 1.29 is 19.1 Å². The normalized spacial score (nSPS) is 15.2. The van der Waals surface area contributed by atoms with Gasteiger partial charge in [-0.1, -0.05) is 32.0 Å². The fraction of sp³-hybridized carbons (Fsp3) is 0.400. The predicted molar refractivity (Wildman–Crippen MR) is 95.2 cm³/mol. The highest BCUT2D eigenvalue weighted by atomic mass is 16.4. The van der Waals surface area contributed by atoms with Crippen LogP contribution in [-0.4, -0.2) is 23.5 Å². The van der Waals surface area contributed by atoms with E-state index in [2.05, 4.69) is 19.9 Å². The van der Waals surface area contributed by atoms with E-state index in [9.17, 15) is 9.59 Å². The highest BCUT2D eigenvalue weighted by Crippen LogP contribution is 2.45. The quantitative estimate of drug-likeness (QED) is 0.894. The monoisotopic (exact) mass is 341 g/mol. The number of rotatable bonds is 5. The second-order valence-corrected chi connectivity index (χ2v) is 6.68. The Labute approximate surface area is 147 Å². The maximum atomic E-state index is 13.3. The van der Waals surface area contributed by atoms with Gasteiger partial charge in [0.05, 0.1) is 11.8 Å². The number of fused-ring (bicyclic) bond motifs is 1. The van der Waals surface area contributed by atoms with Gasteiger partial charge in [0.15, 0.2) is 0 Å². The lowest BCUT2D eigenvalue weighted by Crippen LogP contribution is -2.37. The van der Waals surface area contributed by atoms with Gasteiger partial charge in [0, 0.05) is 23.2 Å². The molecule has 1 aliphatic rings. The van der Waals surface area contributed by atoms with Gasteiger partial charge in [-0.2, -0.15) is 0 Å². The molecule has 0 bridgehead atoms. The molecule has 0 spiro atoms. The fourth-order valence-corrected chi connectivity index (χ4v) is 3.85. The van der Waals surface area contributed by atoms with E-state index in [4.69, 9.17) is 9.52 Å². The lowest BCUT2D eigenvalue weighted by atomic mass is 9.78. The highest BCUT2D eigenvalue weighted by molar-refractivity contribution is 6.09. The maximum absolute atomic E-state index is 13.3. The van der Waals surface area contributed by atoms with Crippen LogP contribution >= 0.6 is 0 Å². The highest BCUT2D eigenvalue weighted by Gasteiger charge is 2.43. The van der Waals surface area contributed by atoms with Gasteiger partial charge in [-0.25, -0.2) is 0 Å². The minimum Gasteiger partial charge on any atom is -0.481 e. The summed E-state index contributed by atoms with van der Waals surface area (Å²) in [6.07, 6.45) is 3.05. The van der Waals surface area contributed by atoms with E-state index in [1.807, 2.05) is 18.2 Å². The van der Waals surface area contributed by atoms with Crippen molar-refractivity contribution >= 4 is 17.6 Å². The lowest BCUT2D eigenvalue weighted by molar-refractivity contribution is -0.136. The van der Waals surface area contributed by atoms with Crippen molar-refractivity contribution in [2.45, 2.75) is 45.4 Å². The smallest absolute Gasteiger partial charge is 0.311 e. The van der Waals surface area contributed by atoms with Crippen LogP contribution in [0.5, 0.6) is 0 Å². The molecular formula is C20H23NO4. The number of carbonyl (C=O) groups excluding carboxylic acids is 1. The summed E-state index contributed by atoms with van der Waals surface area (Å²) >= 11 is 0. The van der Waals surface area contributed by atoms with Crippen LogP contribution in [0.2, 0.25) is 0 Å². The third-order valence-corrected chi connectivity index (χ3v) is 5.40. The number of hydrogen-bond donors (Lipinski definition) is 1. The third kappa shape index (κ3) is 2.73. The summed E-state index contributed by atoms with van der Waals surface area (Å²) in [5.74, 6) is -0.974. The molecule has 2 aromatic rings. The molecule has 0 fully saturated rings. The molecule has 1 aromatic carbocycles. The van der Waals surface area contributed by atoms with Crippen LogP contribution in [0.4, 0.5) is 5.69 Å². The van der Waals surface area contributed by atoms with E-state index in [1.54, 1.807) is 11.8 Å². The number of benzene rings is 1. The lowest BCUT2D eigenvalue weighted by Gasteiger charge is -2.27. The molecule has 1 aliphatic heterocycles. The standard InChI is InChI=1S/C20H23NO4/c1-4-20(5-2)12-21(15-9-7-6-8-14(15)20)19(24)18-13(3)11-25-16(18)10-17(22)23/h6-9,11H,4-5,10,12H2,1-3H3,(H,22,23). The summed E-state index contributed by atoms with van der Waals surface area (Å²) in [6, 6.07) is 8.00. The Bertz CT molecular complexity index is 817. The molecule has 3 rings (SSSR count). The summed E-state index contributed by atoms with van der Waals surface area (Å²) in [5.41, 5.74) is 3.09. The first-order chi connectivity index (χ1) is 11.9. The molecule has 5 heteroatoms. The van der Waals surface area contributed by atoms with Crippen molar-refractivity contribution in [2.75, 3.05) is 11.4 Å². The second-order valence-electron chi connectivity index (χ2n) is 6.68. The van der Waals surface area contributed by atoms with Gasteiger partial charge >= 0.3 is 5.97 Å². The predicted octanol–water partition coefficient (Wildman–Crippen LogP) is 3.93. The number of carboxylic acid groups (broad SMARTS) is 1. The summed E-state index contributed by atoms with van der Waals surface area (Å²) < 4.78 is 5.35. The van der Waals surface area contributed by atoms with Crippen molar-refractivity contribution in [1.29, 1.82) is 0 Å². The molecule has 0 aliphatic carbocycles. The molecule has 1 amide bonds. The number of amides is 1. The number of anilines is 1. The van der Waals surface area contributed by atoms with Crippen LogP contribution < -0.4 is 4.90 Å². The number of aliphatic carboxylic acids is 1. The minimum absolute atomic E-state index is 0.0587. The van der Waals surface area contributed by atoms with Crippen LogP contribution in [0, 0.1) is 6.92 Å². The minimum atomic E-state index is -1.01. The average molecular weight is 341 g/mol. The van der Waals surface area contributed by atoms with E-state index >= 15 is 0 Å². The molecule has 1 aromatic heterocycles. The van der Waals surface area contributed by atoms with E-state index in [0.717, 1.165) is 18.5 Å². The van der Waals surface area contributed by atoms with Crippen molar-refractivity contribution in [1.82, 2.24) is 0 Å². The molecule has 25 heavy (non-hydrogen) atoms. The first-order valence-electron chi connectivity index (χ1n) is 8.63. The summed E-state index contributed by atoms with van der Waals surface area (Å²) in [6.45, 7) is 6.67. The van der Waals surface area contributed by atoms with Gasteiger partial charge in [-0.05, 0) is 31.4 Å². The molecule has 2 heterocycles. The number of para-hydroxylation sites is 1. The van der Waals surface area contributed by atoms with Gasteiger partial charge in [0.2, 0.25) is 0 Å². The van der Waals surface area contributed by atoms with E-state index in [-0.39, 0.29) is 23.5 Å². The maximum Gasteiger partial charge on any atom is 0.311 e. The zero-order valence-electron chi connectivity index (χ0n) is 14.8. The van der Waals surface area contributed by atoms with E-state index < -0.39 is 5.97 Å². The van der Waals surface area contributed by atoms with Gasteiger partial charge in [-0.3, -0.25) is 9.59 Å². The van der Waals surface area contributed by atoms with Crippen LogP contribution in [0.3, 0.4) is 0 Å². The Morgan fingerprint density at radius 2 is 1.92 bits per heavy atom. The van der Waals surface area contributed by atoms with Crippen LogP contribution in [0.25, 0.3) is 0 Å². The van der Waals surface area contributed by atoms with Crippen molar-refractivity contribution in [3.8, 4) is 0 Å². The van der Waals surface area contributed by atoms with Crippen molar-refractivity contribution in [3.05, 3.63) is 53.0 Å². The van der Waals surface area contributed by atoms with Crippen LogP contribution in [-0.2, 0) is 16.6 Å².